The SMILES string of the molecule is CCc1c(-c2ccc3c(c2)cc(CNCc2ccc(C)cc2)n3C)[nH]c(=O)c(C(=O)O)c1O. The number of H-pyrrole nitrogens is 1. The first-order chi connectivity index (χ1) is 15.8. The molecule has 0 atom stereocenters. The summed E-state index contributed by atoms with van der Waals surface area (Å²) in [6.07, 6.45) is 0.374. The summed E-state index contributed by atoms with van der Waals surface area (Å²) in [5.74, 6) is -1.92. The first-order valence-electron chi connectivity index (χ1n) is 10.9. The lowest BCUT2D eigenvalue weighted by Crippen LogP contribution is -2.20. The first kappa shape index (κ1) is 22.4. The molecular weight excluding hydrogens is 418 g/mol. The number of aromatic hydroxyl groups is 1. The maximum absolute atomic E-state index is 12.3. The van der Waals surface area contributed by atoms with E-state index in [4.69, 9.17) is 0 Å². The van der Waals surface area contributed by atoms with E-state index in [0.29, 0.717) is 29.8 Å². The average Bonchev–Trinajstić information content (AvgIpc) is 3.09. The first-order valence-corrected chi connectivity index (χ1v) is 10.9. The van der Waals surface area contributed by atoms with Gasteiger partial charge in [0.05, 0.1) is 5.69 Å². The quantitative estimate of drug-likeness (QED) is 0.343. The molecular formula is C26H27N3O4. The van der Waals surface area contributed by atoms with Crippen molar-refractivity contribution in [1.29, 1.82) is 0 Å². The van der Waals surface area contributed by atoms with E-state index in [0.717, 1.165) is 23.1 Å². The molecule has 0 amide bonds. The summed E-state index contributed by atoms with van der Waals surface area (Å²) in [5, 5.41) is 24.2. The molecule has 0 saturated carbocycles. The molecule has 2 aromatic carbocycles. The number of hydrogen-bond donors (Lipinski definition) is 4. The fraction of sp³-hybridized carbons (Fsp3) is 0.231. The van der Waals surface area contributed by atoms with Crippen molar-refractivity contribution in [2.24, 2.45) is 7.05 Å². The fourth-order valence-electron chi connectivity index (χ4n) is 4.19. The number of fused-ring (bicyclic) bond motifs is 1. The lowest BCUT2D eigenvalue weighted by molar-refractivity contribution is 0.0691. The van der Waals surface area contributed by atoms with Crippen molar-refractivity contribution in [3.63, 3.8) is 0 Å². The molecule has 0 radical (unpaired) electrons. The molecule has 0 saturated heterocycles. The highest BCUT2D eigenvalue weighted by Gasteiger charge is 2.22. The summed E-state index contributed by atoms with van der Waals surface area (Å²) < 4.78 is 2.12. The number of aromatic nitrogens is 2. The number of carboxylic acids is 1. The zero-order chi connectivity index (χ0) is 23.7. The van der Waals surface area contributed by atoms with E-state index >= 15 is 0 Å². The Morgan fingerprint density at radius 2 is 1.82 bits per heavy atom. The summed E-state index contributed by atoms with van der Waals surface area (Å²) in [6.45, 7) is 5.34. The normalized spacial score (nSPS) is 11.2. The number of aromatic amines is 1. The minimum absolute atomic E-state index is 0.374. The second-order valence-electron chi connectivity index (χ2n) is 8.25. The van der Waals surface area contributed by atoms with E-state index in [1.54, 1.807) is 6.92 Å². The second-order valence-corrected chi connectivity index (χ2v) is 8.25. The number of aryl methyl sites for hydroxylation is 2. The van der Waals surface area contributed by atoms with Gasteiger partial charge in [0, 0.05) is 42.3 Å². The summed E-state index contributed by atoms with van der Waals surface area (Å²) in [7, 11) is 2.01. The Labute approximate surface area is 191 Å². The number of carbonyl (C=O) groups is 1. The van der Waals surface area contributed by atoms with E-state index < -0.39 is 22.8 Å². The third-order valence-corrected chi connectivity index (χ3v) is 6.04. The van der Waals surface area contributed by atoms with Crippen molar-refractivity contribution in [2.75, 3.05) is 0 Å². The zero-order valence-corrected chi connectivity index (χ0v) is 18.9. The standard InChI is InChI=1S/C26H27N3O4/c1-4-20-23(28-25(31)22(24(20)30)26(32)33)17-9-10-21-18(11-17)12-19(29(21)3)14-27-13-16-7-5-15(2)6-8-16/h5-12,27H,4,13-14H2,1-3H3,(H,32,33)(H2,28,30,31). The number of nitrogens with one attached hydrogen (secondary N) is 2. The van der Waals surface area contributed by atoms with Gasteiger partial charge in [0.25, 0.3) is 5.56 Å². The van der Waals surface area contributed by atoms with Crippen LogP contribution in [-0.4, -0.2) is 25.7 Å². The van der Waals surface area contributed by atoms with Crippen molar-refractivity contribution < 1.29 is 15.0 Å². The lowest BCUT2D eigenvalue weighted by atomic mass is 9.99. The average molecular weight is 446 g/mol. The number of pyridine rings is 1. The van der Waals surface area contributed by atoms with Gasteiger partial charge >= 0.3 is 5.97 Å². The molecule has 170 valence electrons. The Kier molecular flexibility index (Phi) is 6.07. The minimum atomic E-state index is -1.45. The number of benzene rings is 2. The van der Waals surface area contributed by atoms with Gasteiger partial charge < -0.3 is 25.1 Å². The van der Waals surface area contributed by atoms with Crippen molar-refractivity contribution >= 4 is 16.9 Å². The number of aromatic carboxylic acids is 1. The highest BCUT2D eigenvalue weighted by atomic mass is 16.4. The molecule has 0 aliphatic rings. The van der Waals surface area contributed by atoms with E-state index in [-0.39, 0.29) is 0 Å². The van der Waals surface area contributed by atoms with Crippen molar-refractivity contribution in [3.05, 3.63) is 86.8 Å². The van der Waals surface area contributed by atoms with Crippen LogP contribution < -0.4 is 10.9 Å². The Hall–Kier alpha value is -3.84. The molecule has 4 N–H and O–H groups in total. The van der Waals surface area contributed by atoms with Crippen LogP contribution >= 0.6 is 0 Å². The van der Waals surface area contributed by atoms with Gasteiger partial charge in [0.1, 0.15) is 5.75 Å². The maximum atomic E-state index is 12.3. The van der Waals surface area contributed by atoms with Gasteiger partial charge in [0.15, 0.2) is 5.56 Å². The molecule has 2 aromatic heterocycles. The smallest absolute Gasteiger partial charge is 0.345 e. The van der Waals surface area contributed by atoms with Gasteiger partial charge in [0.2, 0.25) is 0 Å². The summed E-state index contributed by atoms with van der Waals surface area (Å²) in [5.41, 5.74) is 4.73. The third-order valence-electron chi connectivity index (χ3n) is 6.04. The number of rotatable bonds is 7. The summed E-state index contributed by atoms with van der Waals surface area (Å²) in [4.78, 5) is 26.3. The molecule has 33 heavy (non-hydrogen) atoms. The summed E-state index contributed by atoms with van der Waals surface area (Å²) >= 11 is 0. The van der Waals surface area contributed by atoms with Crippen LogP contribution in [0.15, 0.2) is 53.3 Å². The van der Waals surface area contributed by atoms with E-state index in [1.165, 1.54) is 11.1 Å². The molecule has 2 heterocycles. The Bertz CT molecular complexity index is 1400. The molecule has 0 spiro atoms. The van der Waals surface area contributed by atoms with E-state index in [2.05, 4.69) is 52.1 Å². The molecule has 7 nitrogen and oxygen atoms in total. The fourth-order valence-corrected chi connectivity index (χ4v) is 4.19. The van der Waals surface area contributed by atoms with Crippen molar-refractivity contribution in [3.8, 4) is 17.0 Å². The predicted molar refractivity (Wildman–Crippen MR) is 129 cm³/mol. The highest BCUT2D eigenvalue weighted by molar-refractivity contribution is 5.92. The zero-order valence-electron chi connectivity index (χ0n) is 18.9. The van der Waals surface area contributed by atoms with Crippen LogP contribution in [0.5, 0.6) is 5.75 Å². The molecule has 0 aliphatic carbocycles. The highest BCUT2D eigenvalue weighted by Crippen LogP contribution is 2.32. The minimum Gasteiger partial charge on any atom is -0.506 e. The van der Waals surface area contributed by atoms with Gasteiger partial charge in [-0.1, -0.05) is 42.8 Å². The molecule has 0 aliphatic heterocycles. The molecule has 0 bridgehead atoms. The van der Waals surface area contributed by atoms with E-state index in [9.17, 15) is 19.8 Å². The number of hydrogen-bond acceptors (Lipinski definition) is 4. The van der Waals surface area contributed by atoms with Crippen LogP contribution in [0.3, 0.4) is 0 Å². The third kappa shape index (κ3) is 4.27. The van der Waals surface area contributed by atoms with Crippen LogP contribution in [0.2, 0.25) is 0 Å². The van der Waals surface area contributed by atoms with Gasteiger partial charge in [-0.2, -0.15) is 0 Å². The predicted octanol–water partition coefficient (Wildman–Crippen LogP) is 4.10. The Balaban J connectivity index is 1.65. The molecule has 4 rings (SSSR count). The van der Waals surface area contributed by atoms with E-state index in [1.807, 2.05) is 25.2 Å². The van der Waals surface area contributed by atoms with Gasteiger partial charge in [-0.05, 0) is 42.7 Å². The van der Waals surface area contributed by atoms with Gasteiger partial charge in [-0.3, -0.25) is 4.79 Å². The molecule has 0 unspecified atom stereocenters. The number of nitrogens with zero attached hydrogens (tertiary/aromatic N) is 1. The summed E-state index contributed by atoms with van der Waals surface area (Å²) in [6, 6.07) is 16.3. The molecule has 7 heteroatoms. The van der Waals surface area contributed by atoms with Crippen LogP contribution in [0.4, 0.5) is 0 Å². The van der Waals surface area contributed by atoms with Crippen LogP contribution in [0, 0.1) is 6.92 Å². The maximum Gasteiger partial charge on any atom is 0.345 e. The Morgan fingerprint density at radius 1 is 1.09 bits per heavy atom. The van der Waals surface area contributed by atoms with Crippen LogP contribution in [0.25, 0.3) is 22.2 Å². The molecule has 0 fully saturated rings. The van der Waals surface area contributed by atoms with Crippen molar-refractivity contribution in [1.82, 2.24) is 14.9 Å². The topological polar surface area (TPSA) is 107 Å². The second kappa shape index (κ2) is 8.96. The van der Waals surface area contributed by atoms with Gasteiger partial charge in [-0.25, -0.2) is 4.79 Å². The monoisotopic (exact) mass is 445 g/mol. The largest absolute Gasteiger partial charge is 0.506 e. The molecule has 4 aromatic rings. The van der Waals surface area contributed by atoms with Crippen LogP contribution in [0.1, 0.15) is 39.7 Å². The van der Waals surface area contributed by atoms with Crippen LogP contribution in [-0.2, 0) is 26.6 Å². The Morgan fingerprint density at radius 3 is 2.48 bits per heavy atom. The number of carboxylic acid groups (broad SMARTS) is 1. The van der Waals surface area contributed by atoms with Crippen molar-refractivity contribution in [2.45, 2.75) is 33.4 Å². The van der Waals surface area contributed by atoms with Gasteiger partial charge in [-0.15, -0.1) is 0 Å². The lowest BCUT2D eigenvalue weighted by Gasteiger charge is -2.12.